The molecular weight excluding hydrogens is 92.1 g/mol. The summed E-state index contributed by atoms with van der Waals surface area (Å²) in [6, 6.07) is 0. The molecule has 2 aliphatic heterocycles. The van der Waals surface area contributed by atoms with Gasteiger partial charge in [0, 0.05) is 13.0 Å². The molecule has 1 spiro atoms. The van der Waals surface area contributed by atoms with Crippen molar-refractivity contribution < 1.29 is 9.47 Å². The lowest BCUT2D eigenvalue weighted by Crippen LogP contribution is -2.07. The van der Waals surface area contributed by atoms with Crippen molar-refractivity contribution in [2.45, 2.75) is 12.0 Å². The molecule has 0 bridgehead atoms. The molecule has 2 heterocycles. The van der Waals surface area contributed by atoms with Gasteiger partial charge in [0.2, 0.25) is 0 Å². The fraction of sp³-hybridized carbons (Fsp3) is 1.00. The molecule has 2 saturated heterocycles. The van der Waals surface area contributed by atoms with E-state index in [-0.39, 0.29) is 5.60 Å². The Balaban J connectivity index is 2.07. The van der Waals surface area contributed by atoms with Crippen LogP contribution in [0.25, 0.3) is 0 Å². The van der Waals surface area contributed by atoms with E-state index in [1.54, 1.807) is 0 Å². The normalized spacial score (nSPS) is 48.0. The minimum absolute atomic E-state index is 0.222. The predicted octanol–water partition coefficient (Wildman–Crippen LogP) is 0.176. The van der Waals surface area contributed by atoms with Crippen LogP contribution in [0, 0.1) is 0 Å². The highest BCUT2D eigenvalue weighted by Crippen LogP contribution is 2.34. The predicted molar refractivity (Wildman–Crippen MR) is 24.1 cm³/mol. The average Bonchev–Trinajstić information content (AvgIpc) is 2.15. The van der Waals surface area contributed by atoms with Crippen molar-refractivity contribution in [3.63, 3.8) is 0 Å². The van der Waals surface area contributed by atoms with E-state index >= 15 is 0 Å². The molecule has 0 unspecified atom stereocenters. The second kappa shape index (κ2) is 1.01. The van der Waals surface area contributed by atoms with Gasteiger partial charge >= 0.3 is 0 Å². The van der Waals surface area contributed by atoms with E-state index in [4.69, 9.17) is 9.47 Å². The topological polar surface area (TPSA) is 21.8 Å². The highest BCUT2D eigenvalue weighted by molar-refractivity contribution is 4.94. The Hall–Kier alpha value is -0.0800. The molecule has 1 atom stereocenters. The van der Waals surface area contributed by atoms with E-state index in [0.717, 1.165) is 26.2 Å². The van der Waals surface area contributed by atoms with Crippen molar-refractivity contribution in [1.29, 1.82) is 0 Å². The van der Waals surface area contributed by atoms with Gasteiger partial charge in [0.05, 0.1) is 13.2 Å². The van der Waals surface area contributed by atoms with Gasteiger partial charge in [-0.2, -0.15) is 0 Å². The Morgan fingerprint density at radius 1 is 1.29 bits per heavy atom. The van der Waals surface area contributed by atoms with Crippen LogP contribution in [-0.2, 0) is 9.47 Å². The first kappa shape index (κ1) is 3.87. The Morgan fingerprint density at radius 3 is 2.43 bits per heavy atom. The monoisotopic (exact) mass is 100 g/mol. The Labute approximate surface area is 42.4 Å². The second-order valence-corrected chi connectivity index (χ2v) is 2.27. The molecule has 2 aliphatic rings. The van der Waals surface area contributed by atoms with Gasteiger partial charge in [0.1, 0.15) is 5.60 Å². The van der Waals surface area contributed by atoms with Crippen LogP contribution < -0.4 is 0 Å². The van der Waals surface area contributed by atoms with E-state index in [1.807, 2.05) is 0 Å². The van der Waals surface area contributed by atoms with E-state index in [1.165, 1.54) is 0 Å². The standard InChI is InChI=1S/C5H8O2/c1-2-6-3-5(1)4-7-5/h1-4H2/t5-/m1/s1. The van der Waals surface area contributed by atoms with Gasteiger partial charge in [-0.15, -0.1) is 0 Å². The molecule has 7 heavy (non-hydrogen) atoms. The van der Waals surface area contributed by atoms with Crippen LogP contribution >= 0.6 is 0 Å². The molecule has 0 N–H and O–H groups in total. The summed E-state index contributed by atoms with van der Waals surface area (Å²) in [6.07, 6.45) is 1.12. The van der Waals surface area contributed by atoms with Gasteiger partial charge in [-0.3, -0.25) is 0 Å². The van der Waals surface area contributed by atoms with Crippen molar-refractivity contribution in [3.05, 3.63) is 0 Å². The second-order valence-electron chi connectivity index (χ2n) is 2.27. The summed E-state index contributed by atoms with van der Waals surface area (Å²) < 4.78 is 10.2. The first-order valence-electron chi connectivity index (χ1n) is 2.63. The zero-order valence-electron chi connectivity index (χ0n) is 4.14. The summed E-state index contributed by atoms with van der Waals surface area (Å²) in [6.45, 7) is 2.68. The van der Waals surface area contributed by atoms with Crippen LogP contribution in [0.1, 0.15) is 6.42 Å². The Morgan fingerprint density at radius 2 is 2.14 bits per heavy atom. The molecule has 0 saturated carbocycles. The first-order chi connectivity index (χ1) is 3.41. The van der Waals surface area contributed by atoms with Crippen molar-refractivity contribution in [2.24, 2.45) is 0 Å². The maximum absolute atomic E-state index is 5.13. The SMILES string of the molecule is C1C[C@@]2(CO1)CO2. The highest BCUT2D eigenvalue weighted by Gasteiger charge is 2.47. The summed E-state index contributed by atoms with van der Waals surface area (Å²) in [5.74, 6) is 0. The highest BCUT2D eigenvalue weighted by atomic mass is 16.6. The Kier molecular flexibility index (Phi) is 0.557. The van der Waals surface area contributed by atoms with Crippen molar-refractivity contribution in [3.8, 4) is 0 Å². The van der Waals surface area contributed by atoms with Gasteiger partial charge in [-0.1, -0.05) is 0 Å². The van der Waals surface area contributed by atoms with Crippen molar-refractivity contribution in [1.82, 2.24) is 0 Å². The number of ether oxygens (including phenoxy) is 2. The summed E-state index contributed by atoms with van der Waals surface area (Å²) in [5.41, 5.74) is 0.222. The van der Waals surface area contributed by atoms with Crippen LogP contribution in [0.3, 0.4) is 0 Å². The third kappa shape index (κ3) is 0.469. The maximum Gasteiger partial charge on any atom is 0.117 e. The van der Waals surface area contributed by atoms with E-state index in [2.05, 4.69) is 0 Å². The molecule has 2 heteroatoms. The summed E-state index contributed by atoms with van der Waals surface area (Å²) in [5, 5.41) is 0. The first-order valence-corrected chi connectivity index (χ1v) is 2.63. The molecule has 0 amide bonds. The fourth-order valence-corrected chi connectivity index (χ4v) is 0.918. The summed E-state index contributed by atoms with van der Waals surface area (Å²) >= 11 is 0. The van der Waals surface area contributed by atoms with Crippen molar-refractivity contribution in [2.75, 3.05) is 19.8 Å². The molecule has 2 fully saturated rings. The number of hydrogen-bond donors (Lipinski definition) is 0. The van der Waals surface area contributed by atoms with Gasteiger partial charge in [-0.25, -0.2) is 0 Å². The molecule has 0 radical (unpaired) electrons. The lowest BCUT2D eigenvalue weighted by molar-refractivity contribution is 0.171. The van der Waals surface area contributed by atoms with Gasteiger partial charge in [-0.05, 0) is 0 Å². The van der Waals surface area contributed by atoms with E-state index in [0.29, 0.717) is 0 Å². The molecule has 2 rings (SSSR count). The minimum atomic E-state index is 0.222. The number of epoxide rings is 1. The third-order valence-electron chi connectivity index (χ3n) is 1.62. The summed E-state index contributed by atoms with van der Waals surface area (Å²) in [4.78, 5) is 0. The van der Waals surface area contributed by atoms with Crippen molar-refractivity contribution >= 4 is 0 Å². The molecule has 0 aromatic rings. The lowest BCUT2D eigenvalue weighted by atomic mass is 10.1. The Bertz CT molecular complexity index is 78.1. The van der Waals surface area contributed by atoms with Gasteiger partial charge < -0.3 is 9.47 Å². The molecule has 0 aromatic heterocycles. The van der Waals surface area contributed by atoms with Crippen LogP contribution in [0.15, 0.2) is 0 Å². The largest absolute Gasteiger partial charge is 0.378 e. The maximum atomic E-state index is 5.13. The van der Waals surface area contributed by atoms with Gasteiger partial charge in [0.25, 0.3) is 0 Å². The zero-order valence-corrected chi connectivity index (χ0v) is 4.14. The van der Waals surface area contributed by atoms with Gasteiger partial charge in [0.15, 0.2) is 0 Å². The molecule has 40 valence electrons. The number of rotatable bonds is 0. The van der Waals surface area contributed by atoms with E-state index < -0.39 is 0 Å². The summed E-state index contributed by atoms with van der Waals surface area (Å²) in [7, 11) is 0. The van der Waals surface area contributed by atoms with E-state index in [9.17, 15) is 0 Å². The third-order valence-corrected chi connectivity index (χ3v) is 1.62. The molecule has 2 nitrogen and oxygen atoms in total. The quantitative estimate of drug-likeness (QED) is 0.405. The van der Waals surface area contributed by atoms with Crippen LogP contribution in [0.4, 0.5) is 0 Å². The number of hydrogen-bond acceptors (Lipinski definition) is 2. The van der Waals surface area contributed by atoms with Crippen LogP contribution in [-0.4, -0.2) is 25.4 Å². The molecule has 0 aromatic carbocycles. The fourth-order valence-electron chi connectivity index (χ4n) is 0.918. The average molecular weight is 100 g/mol. The smallest absolute Gasteiger partial charge is 0.117 e. The lowest BCUT2D eigenvalue weighted by Gasteiger charge is -1.90. The zero-order chi connectivity index (χ0) is 4.74. The molecular formula is C5H8O2. The molecule has 0 aliphatic carbocycles. The minimum Gasteiger partial charge on any atom is -0.378 e. The van der Waals surface area contributed by atoms with Crippen LogP contribution in [0.2, 0.25) is 0 Å². The van der Waals surface area contributed by atoms with Crippen LogP contribution in [0.5, 0.6) is 0 Å².